The number of anilines is 1. The molecule has 16 nitrogen and oxygen atoms in total. The molecule has 0 aliphatic carbocycles. The fourth-order valence-corrected chi connectivity index (χ4v) is 7.14. The van der Waals surface area contributed by atoms with Crippen molar-refractivity contribution in [3.05, 3.63) is 47.7 Å². The van der Waals surface area contributed by atoms with Gasteiger partial charge in [-0.25, -0.2) is 18.5 Å². The molecule has 1 aromatic carbocycles. The highest BCUT2D eigenvalue weighted by Gasteiger charge is 2.35. The van der Waals surface area contributed by atoms with Crippen LogP contribution in [0.5, 0.6) is 11.5 Å². The number of rotatable bonds is 32. The topological polar surface area (TPSA) is 237 Å². The Hall–Kier alpha value is -4.06. The van der Waals surface area contributed by atoms with Crippen molar-refractivity contribution in [2.75, 3.05) is 39.3 Å². The normalized spacial score (nSPS) is 14.6. The molecule has 2 aromatic heterocycles. The minimum absolute atomic E-state index is 0.0529. The first-order valence-electron chi connectivity index (χ1n) is 20.2. The quantitative estimate of drug-likeness (QED) is 0.0271. The van der Waals surface area contributed by atoms with Crippen molar-refractivity contribution in [2.45, 2.75) is 134 Å². The Kier molecular flexibility index (Phi) is 22.4. The third kappa shape index (κ3) is 16.7. The molecule has 18 heteroatoms. The number of ether oxygens (including phenoxy) is 4. The van der Waals surface area contributed by atoms with Gasteiger partial charge in [0.25, 0.3) is 6.26 Å². The summed E-state index contributed by atoms with van der Waals surface area (Å²) in [5, 5.41) is 44.2. The molecule has 0 amide bonds. The first kappa shape index (κ1) is 48.3. The van der Waals surface area contributed by atoms with E-state index in [9.17, 15) is 34.6 Å². The van der Waals surface area contributed by atoms with Gasteiger partial charge >= 0.3 is 7.82 Å². The Morgan fingerprint density at radius 3 is 2.07 bits per heavy atom. The summed E-state index contributed by atoms with van der Waals surface area (Å²) in [5.74, 6) is -1.02. The molecule has 1 unspecified atom stereocenters. The van der Waals surface area contributed by atoms with E-state index in [1.807, 2.05) is 6.07 Å². The van der Waals surface area contributed by atoms with Gasteiger partial charge in [-0.2, -0.15) is 15.6 Å². The van der Waals surface area contributed by atoms with Crippen LogP contribution in [0.4, 0.5) is 10.2 Å². The average Bonchev–Trinajstić information content (AvgIpc) is 3.66. The molecule has 0 radical (unpaired) electrons. The van der Waals surface area contributed by atoms with Crippen LogP contribution >= 0.6 is 7.82 Å². The van der Waals surface area contributed by atoms with Crippen LogP contribution in [0.15, 0.2) is 30.6 Å². The zero-order valence-corrected chi connectivity index (χ0v) is 34.6. The van der Waals surface area contributed by atoms with E-state index in [2.05, 4.69) is 17.0 Å². The number of phosphoric acid groups is 1. The van der Waals surface area contributed by atoms with Crippen LogP contribution in [0.25, 0.3) is 5.52 Å². The van der Waals surface area contributed by atoms with Gasteiger partial charge in [-0.3, -0.25) is 9.05 Å². The van der Waals surface area contributed by atoms with Crippen molar-refractivity contribution >= 4 is 19.2 Å². The standard InChI is InChI=1S/C40H60FN6O10P/c1-3-4-5-6-7-8-9-10-11-12-13-14-15-16-17-18-21-53-25-31(57-36-23-35(52-2)30(24-42)22-32(36)41)26-55-58(50,51)56-27-37(54-28-43)39(49)38(48)33-19-20-34-40(44)45-29-46-47(33)34/h19-20,22-23,29,31,37-39,48-49H,3-18,21,25-27H2,1-2H3,(H,50,51)(H2,44,45,46)/t31-,37-,38+,39-/m1/s1. The van der Waals surface area contributed by atoms with Gasteiger partial charge < -0.3 is 39.8 Å². The molecular weight excluding hydrogens is 774 g/mol. The molecule has 0 saturated carbocycles. The molecule has 0 bridgehead atoms. The minimum Gasteiger partial charge on any atom is -0.495 e. The Balaban J connectivity index is 1.47. The molecule has 3 rings (SSSR count). The summed E-state index contributed by atoms with van der Waals surface area (Å²) in [6, 6.07) is 6.89. The molecule has 0 fully saturated rings. The third-order valence-electron chi connectivity index (χ3n) is 9.66. The van der Waals surface area contributed by atoms with Gasteiger partial charge in [0.05, 0.1) is 38.2 Å². The second-order valence-electron chi connectivity index (χ2n) is 14.2. The highest BCUT2D eigenvalue weighted by Crippen LogP contribution is 2.44. The Morgan fingerprint density at radius 1 is 0.879 bits per heavy atom. The van der Waals surface area contributed by atoms with E-state index < -0.39 is 51.3 Å². The van der Waals surface area contributed by atoms with E-state index in [0.29, 0.717) is 12.1 Å². The number of hydrogen-bond acceptors (Lipinski definition) is 14. The SMILES string of the molecule is CCCCCCCCCCCCCCCCCCOC[C@H](COP(=O)(O)OC[C@@H](OC#N)[C@@H](O)[C@@H](O)c1ccc2c(N)ncnn12)Oc1cc(OC)c(C#N)cc1F. The fourth-order valence-electron chi connectivity index (χ4n) is 6.37. The van der Waals surface area contributed by atoms with E-state index >= 15 is 0 Å². The lowest BCUT2D eigenvalue weighted by Crippen LogP contribution is -2.37. The molecule has 2 heterocycles. The van der Waals surface area contributed by atoms with Crippen molar-refractivity contribution in [1.82, 2.24) is 14.6 Å². The van der Waals surface area contributed by atoms with Gasteiger partial charge in [0.2, 0.25) is 0 Å². The van der Waals surface area contributed by atoms with Gasteiger partial charge in [-0.1, -0.05) is 103 Å². The molecule has 0 aliphatic heterocycles. The van der Waals surface area contributed by atoms with Crippen LogP contribution in [-0.2, 0) is 23.1 Å². The van der Waals surface area contributed by atoms with E-state index in [1.165, 1.54) is 113 Å². The first-order chi connectivity index (χ1) is 28.0. The number of nitrogens with two attached hydrogens (primary N) is 1. The Morgan fingerprint density at radius 2 is 1.48 bits per heavy atom. The van der Waals surface area contributed by atoms with Gasteiger partial charge in [0.1, 0.15) is 42.0 Å². The Bertz CT molecular complexity index is 1770. The molecule has 0 aliphatic rings. The number of hydrogen-bond donors (Lipinski definition) is 4. The Labute approximate surface area is 340 Å². The van der Waals surface area contributed by atoms with Gasteiger partial charge in [-0.15, -0.1) is 0 Å². The number of aliphatic hydroxyl groups excluding tert-OH is 2. The number of unbranched alkanes of at least 4 members (excludes halogenated alkanes) is 15. The van der Waals surface area contributed by atoms with Gasteiger partial charge in [0, 0.05) is 12.7 Å². The first-order valence-corrected chi connectivity index (χ1v) is 21.7. The molecular formula is C40H60FN6O10P. The number of aromatic nitrogens is 3. The number of phosphoric ester groups is 1. The van der Waals surface area contributed by atoms with Crippen LogP contribution in [0.1, 0.15) is 127 Å². The number of methoxy groups -OCH3 is 1. The van der Waals surface area contributed by atoms with E-state index in [-0.39, 0.29) is 35.2 Å². The van der Waals surface area contributed by atoms with Gasteiger partial charge in [-0.05, 0) is 24.6 Å². The zero-order valence-electron chi connectivity index (χ0n) is 33.7. The second-order valence-corrected chi connectivity index (χ2v) is 15.6. The summed E-state index contributed by atoms with van der Waals surface area (Å²) in [4.78, 5) is 14.4. The van der Waals surface area contributed by atoms with Crippen LogP contribution < -0.4 is 15.2 Å². The number of nitrogens with zero attached hydrogens (tertiary/aromatic N) is 5. The predicted octanol–water partition coefficient (Wildman–Crippen LogP) is 7.45. The summed E-state index contributed by atoms with van der Waals surface area (Å²) in [6.07, 6.45) is 15.9. The molecule has 5 N–H and O–H groups in total. The van der Waals surface area contributed by atoms with E-state index in [1.54, 1.807) is 0 Å². The smallest absolute Gasteiger partial charge is 0.472 e. The third-order valence-corrected chi connectivity index (χ3v) is 10.6. The van der Waals surface area contributed by atoms with Crippen molar-refractivity contribution in [3.63, 3.8) is 0 Å². The summed E-state index contributed by atoms with van der Waals surface area (Å²) >= 11 is 0. The molecule has 5 atom stereocenters. The lowest BCUT2D eigenvalue weighted by molar-refractivity contribution is -0.0802. The lowest BCUT2D eigenvalue weighted by atomic mass is 10.0. The van der Waals surface area contributed by atoms with Crippen LogP contribution in [-0.4, -0.2) is 81.6 Å². The largest absolute Gasteiger partial charge is 0.495 e. The summed E-state index contributed by atoms with van der Waals surface area (Å²) in [7, 11) is -3.64. The zero-order chi connectivity index (χ0) is 42.2. The minimum atomic E-state index is -4.94. The maximum atomic E-state index is 14.9. The van der Waals surface area contributed by atoms with Crippen molar-refractivity contribution < 1.29 is 52.1 Å². The number of benzene rings is 1. The highest BCUT2D eigenvalue weighted by atomic mass is 31.2. The molecule has 322 valence electrons. The molecule has 58 heavy (non-hydrogen) atoms. The molecule has 3 aromatic rings. The molecule has 0 spiro atoms. The van der Waals surface area contributed by atoms with Crippen molar-refractivity contribution in [1.29, 1.82) is 10.5 Å². The van der Waals surface area contributed by atoms with Crippen molar-refractivity contribution in [2.24, 2.45) is 0 Å². The van der Waals surface area contributed by atoms with Crippen molar-refractivity contribution in [3.8, 4) is 23.8 Å². The number of halogens is 1. The molecule has 0 saturated heterocycles. The summed E-state index contributed by atoms with van der Waals surface area (Å²) in [6.45, 7) is 0.940. The number of nitrogen functional groups attached to an aromatic ring is 1. The number of aliphatic hydroxyl groups is 2. The fraction of sp³-hybridized carbons (Fsp3) is 0.650. The average molecular weight is 835 g/mol. The summed E-state index contributed by atoms with van der Waals surface area (Å²) < 4.78 is 60.9. The maximum Gasteiger partial charge on any atom is 0.472 e. The van der Waals surface area contributed by atoms with Crippen LogP contribution in [0.3, 0.4) is 0 Å². The number of nitriles is 2. The number of fused-ring (bicyclic) bond motifs is 1. The van der Waals surface area contributed by atoms with Gasteiger partial charge in [0.15, 0.2) is 23.5 Å². The lowest BCUT2D eigenvalue weighted by Gasteiger charge is -2.25. The van der Waals surface area contributed by atoms with E-state index in [4.69, 9.17) is 33.7 Å². The second kappa shape index (κ2) is 26.8. The predicted molar refractivity (Wildman–Crippen MR) is 213 cm³/mol. The van der Waals surface area contributed by atoms with E-state index in [0.717, 1.165) is 38.1 Å². The highest BCUT2D eigenvalue weighted by molar-refractivity contribution is 7.47. The van der Waals surface area contributed by atoms with Crippen LogP contribution in [0, 0.1) is 28.7 Å². The monoisotopic (exact) mass is 834 g/mol. The maximum absolute atomic E-state index is 14.9. The summed E-state index contributed by atoms with van der Waals surface area (Å²) in [5.41, 5.74) is 6.19. The van der Waals surface area contributed by atoms with Crippen LogP contribution in [0.2, 0.25) is 0 Å².